The van der Waals surface area contributed by atoms with Gasteiger partial charge in [-0.05, 0) is 53.1 Å². The third kappa shape index (κ3) is 6.87. The average molecular weight is 396 g/mol. The normalized spacial score (nSPS) is 16.3. The molecule has 0 saturated heterocycles. The van der Waals surface area contributed by atoms with Gasteiger partial charge in [-0.25, -0.2) is 0 Å². The van der Waals surface area contributed by atoms with Gasteiger partial charge in [0.2, 0.25) is 0 Å². The Bertz CT molecular complexity index is 769. The predicted octanol–water partition coefficient (Wildman–Crippen LogP) is 5.66. The summed E-state index contributed by atoms with van der Waals surface area (Å²) in [7, 11) is 0. The number of fused-ring (bicyclic) bond motifs is 3. The molecule has 0 N–H and O–H groups in total. The summed E-state index contributed by atoms with van der Waals surface area (Å²) in [6.07, 6.45) is 2.12. The van der Waals surface area contributed by atoms with E-state index in [-0.39, 0.29) is 0 Å². The molecule has 0 spiro atoms. The van der Waals surface area contributed by atoms with Crippen molar-refractivity contribution in [3.8, 4) is 5.75 Å². The lowest BCUT2D eigenvalue weighted by atomic mass is 9.96. The Morgan fingerprint density at radius 1 is 0.931 bits per heavy atom. The Morgan fingerprint density at radius 3 is 2.55 bits per heavy atom. The molecule has 2 aromatic rings. The SMILES string of the molecule is CC(C)CCN1CCOCCOc2ccc(C(C)C)cc2Cc2cccc(c2)C1. The first kappa shape index (κ1) is 21.9. The minimum Gasteiger partial charge on any atom is -0.491 e. The zero-order chi connectivity index (χ0) is 20.6. The van der Waals surface area contributed by atoms with Crippen molar-refractivity contribution in [3.63, 3.8) is 0 Å². The van der Waals surface area contributed by atoms with Gasteiger partial charge in [0.15, 0.2) is 0 Å². The highest BCUT2D eigenvalue weighted by atomic mass is 16.5. The molecule has 0 radical (unpaired) electrons. The van der Waals surface area contributed by atoms with Crippen LogP contribution in [-0.4, -0.2) is 37.8 Å². The molecule has 0 amide bonds. The van der Waals surface area contributed by atoms with Crippen molar-refractivity contribution in [2.75, 3.05) is 32.9 Å². The molecular formula is C26H37NO2. The van der Waals surface area contributed by atoms with Crippen LogP contribution in [0.5, 0.6) is 5.75 Å². The van der Waals surface area contributed by atoms with Gasteiger partial charge in [-0.3, -0.25) is 4.90 Å². The smallest absolute Gasteiger partial charge is 0.122 e. The first-order chi connectivity index (χ1) is 14.0. The second-order valence-corrected chi connectivity index (χ2v) is 8.94. The predicted molar refractivity (Wildman–Crippen MR) is 121 cm³/mol. The van der Waals surface area contributed by atoms with Crippen molar-refractivity contribution in [1.82, 2.24) is 4.90 Å². The topological polar surface area (TPSA) is 21.7 Å². The van der Waals surface area contributed by atoms with Crippen LogP contribution in [-0.2, 0) is 17.7 Å². The number of nitrogens with zero attached hydrogens (tertiary/aromatic N) is 1. The summed E-state index contributed by atoms with van der Waals surface area (Å²) in [4.78, 5) is 2.52. The van der Waals surface area contributed by atoms with E-state index in [9.17, 15) is 0 Å². The molecule has 0 aromatic heterocycles. The van der Waals surface area contributed by atoms with Gasteiger partial charge in [0.1, 0.15) is 12.4 Å². The molecule has 0 atom stereocenters. The fourth-order valence-electron chi connectivity index (χ4n) is 3.77. The molecule has 0 saturated carbocycles. The summed E-state index contributed by atoms with van der Waals surface area (Å²) in [5.41, 5.74) is 5.36. The van der Waals surface area contributed by atoms with Gasteiger partial charge in [-0.15, -0.1) is 0 Å². The summed E-state index contributed by atoms with van der Waals surface area (Å²) in [5, 5.41) is 0. The fourth-order valence-corrected chi connectivity index (χ4v) is 3.77. The molecule has 0 fully saturated rings. The Hall–Kier alpha value is -1.84. The molecule has 3 heteroatoms. The fraction of sp³-hybridized carbons (Fsp3) is 0.538. The first-order valence-corrected chi connectivity index (χ1v) is 11.1. The second kappa shape index (κ2) is 10.8. The van der Waals surface area contributed by atoms with E-state index in [0.717, 1.165) is 44.3 Å². The van der Waals surface area contributed by atoms with E-state index in [1.54, 1.807) is 0 Å². The largest absolute Gasteiger partial charge is 0.491 e. The molecule has 2 bridgehead atoms. The molecule has 1 aliphatic heterocycles. The highest BCUT2D eigenvalue weighted by Crippen LogP contribution is 2.27. The third-order valence-corrected chi connectivity index (χ3v) is 5.60. The molecular weight excluding hydrogens is 358 g/mol. The van der Waals surface area contributed by atoms with Gasteiger partial charge in [0, 0.05) is 19.5 Å². The van der Waals surface area contributed by atoms with Crippen LogP contribution in [0.3, 0.4) is 0 Å². The highest BCUT2D eigenvalue weighted by Gasteiger charge is 2.12. The molecule has 0 unspecified atom stereocenters. The van der Waals surface area contributed by atoms with Crippen LogP contribution < -0.4 is 4.74 Å². The standard InChI is InChI=1S/C26H37NO2/c1-20(2)10-11-27-12-13-28-14-15-29-26-9-8-24(21(3)4)18-25(26)17-22-6-5-7-23(16-22)19-27/h5-9,16,18,20-21H,10-15,17,19H2,1-4H3. The lowest BCUT2D eigenvalue weighted by Crippen LogP contribution is -2.29. The Kier molecular flexibility index (Phi) is 8.14. The van der Waals surface area contributed by atoms with E-state index in [2.05, 4.69) is 75.1 Å². The molecule has 2 aromatic carbocycles. The Labute approximate surface area is 177 Å². The van der Waals surface area contributed by atoms with Crippen LogP contribution in [0.4, 0.5) is 0 Å². The molecule has 29 heavy (non-hydrogen) atoms. The van der Waals surface area contributed by atoms with E-state index in [1.807, 2.05) is 0 Å². The van der Waals surface area contributed by atoms with Gasteiger partial charge in [0.25, 0.3) is 0 Å². The summed E-state index contributed by atoms with van der Waals surface area (Å²) in [6, 6.07) is 15.7. The maximum Gasteiger partial charge on any atom is 0.122 e. The van der Waals surface area contributed by atoms with Crippen LogP contribution in [0.1, 0.15) is 62.3 Å². The minimum absolute atomic E-state index is 0.512. The number of hydrogen-bond donors (Lipinski definition) is 0. The summed E-state index contributed by atoms with van der Waals surface area (Å²) < 4.78 is 12.0. The van der Waals surface area contributed by atoms with Crippen molar-refractivity contribution < 1.29 is 9.47 Å². The second-order valence-electron chi connectivity index (χ2n) is 8.94. The van der Waals surface area contributed by atoms with Crippen molar-refractivity contribution in [3.05, 3.63) is 64.7 Å². The molecule has 3 nitrogen and oxygen atoms in total. The van der Waals surface area contributed by atoms with Crippen molar-refractivity contribution in [1.29, 1.82) is 0 Å². The minimum atomic E-state index is 0.512. The third-order valence-electron chi connectivity index (χ3n) is 5.60. The van der Waals surface area contributed by atoms with Crippen molar-refractivity contribution >= 4 is 0 Å². The number of hydrogen-bond acceptors (Lipinski definition) is 3. The molecule has 1 heterocycles. The molecule has 3 rings (SSSR count). The van der Waals surface area contributed by atoms with E-state index in [4.69, 9.17) is 9.47 Å². The van der Waals surface area contributed by atoms with E-state index in [0.29, 0.717) is 19.1 Å². The lowest BCUT2D eigenvalue weighted by Gasteiger charge is -2.24. The van der Waals surface area contributed by atoms with Crippen molar-refractivity contribution in [2.45, 2.75) is 53.0 Å². The van der Waals surface area contributed by atoms with Crippen LogP contribution in [0.15, 0.2) is 42.5 Å². The zero-order valence-electron chi connectivity index (χ0n) is 18.6. The molecule has 1 aliphatic rings. The maximum absolute atomic E-state index is 6.11. The number of benzene rings is 2. The van der Waals surface area contributed by atoms with Crippen LogP contribution in [0.25, 0.3) is 0 Å². The van der Waals surface area contributed by atoms with E-state index >= 15 is 0 Å². The van der Waals surface area contributed by atoms with Crippen LogP contribution in [0, 0.1) is 5.92 Å². The Balaban J connectivity index is 1.85. The highest BCUT2D eigenvalue weighted by molar-refractivity contribution is 5.42. The van der Waals surface area contributed by atoms with Crippen molar-refractivity contribution in [2.24, 2.45) is 5.92 Å². The van der Waals surface area contributed by atoms with Gasteiger partial charge in [0.05, 0.1) is 13.2 Å². The molecule has 158 valence electrons. The van der Waals surface area contributed by atoms with Crippen LogP contribution >= 0.6 is 0 Å². The van der Waals surface area contributed by atoms with E-state index < -0.39 is 0 Å². The Morgan fingerprint density at radius 2 is 1.76 bits per heavy atom. The summed E-state index contributed by atoms with van der Waals surface area (Å²) in [5.74, 6) is 2.21. The average Bonchev–Trinajstić information content (AvgIpc) is 2.69. The van der Waals surface area contributed by atoms with Gasteiger partial charge in [-0.2, -0.15) is 0 Å². The summed E-state index contributed by atoms with van der Waals surface area (Å²) >= 11 is 0. The number of rotatable bonds is 4. The monoisotopic (exact) mass is 395 g/mol. The van der Waals surface area contributed by atoms with Gasteiger partial charge in [-0.1, -0.05) is 64.1 Å². The quantitative estimate of drug-likeness (QED) is 0.667. The van der Waals surface area contributed by atoms with Crippen LogP contribution in [0.2, 0.25) is 0 Å². The molecule has 0 aliphatic carbocycles. The first-order valence-electron chi connectivity index (χ1n) is 11.1. The van der Waals surface area contributed by atoms with Gasteiger partial charge < -0.3 is 9.47 Å². The van der Waals surface area contributed by atoms with E-state index in [1.165, 1.54) is 28.7 Å². The zero-order valence-corrected chi connectivity index (χ0v) is 18.6. The van der Waals surface area contributed by atoms with Gasteiger partial charge >= 0.3 is 0 Å². The lowest BCUT2D eigenvalue weighted by molar-refractivity contribution is 0.0764. The summed E-state index contributed by atoms with van der Waals surface area (Å²) in [6.45, 7) is 14.1. The number of ether oxygens (including phenoxy) is 2. The maximum atomic E-state index is 6.11.